The first kappa shape index (κ1) is 19.5. The number of rotatable bonds is 4. The van der Waals surface area contributed by atoms with Gasteiger partial charge in [0.15, 0.2) is 0 Å². The lowest BCUT2D eigenvalue weighted by molar-refractivity contribution is -0.127. The van der Waals surface area contributed by atoms with Crippen molar-refractivity contribution < 1.29 is 14.3 Å². The maximum absolute atomic E-state index is 13.5. The zero-order valence-corrected chi connectivity index (χ0v) is 16.8. The fourth-order valence-corrected chi connectivity index (χ4v) is 4.37. The molecular formula is C24H28N2O3. The van der Waals surface area contributed by atoms with Gasteiger partial charge in [-0.3, -0.25) is 9.59 Å². The number of para-hydroxylation sites is 1. The number of hydrogen-bond acceptors (Lipinski definition) is 3. The molecule has 29 heavy (non-hydrogen) atoms. The molecule has 0 unspecified atom stereocenters. The SMILES string of the molecule is C[C@@H]1CN([C@H](C(=O)NC2CCCCC2)c2ccccc2)C(=O)c2ccccc2O1. The van der Waals surface area contributed by atoms with Gasteiger partial charge in [-0.15, -0.1) is 0 Å². The molecule has 2 aromatic carbocycles. The second kappa shape index (κ2) is 8.68. The van der Waals surface area contributed by atoms with Gasteiger partial charge in [0.25, 0.3) is 5.91 Å². The summed E-state index contributed by atoms with van der Waals surface area (Å²) in [5.74, 6) is 0.299. The van der Waals surface area contributed by atoms with Crippen LogP contribution in [0.1, 0.15) is 61.0 Å². The maximum atomic E-state index is 13.5. The smallest absolute Gasteiger partial charge is 0.258 e. The summed E-state index contributed by atoms with van der Waals surface area (Å²) in [5.41, 5.74) is 1.32. The minimum Gasteiger partial charge on any atom is -0.488 e. The van der Waals surface area contributed by atoms with Gasteiger partial charge in [0.05, 0.1) is 12.1 Å². The molecule has 1 aliphatic heterocycles. The fraction of sp³-hybridized carbons (Fsp3) is 0.417. The number of carbonyl (C=O) groups excluding carboxylic acids is 2. The van der Waals surface area contributed by atoms with E-state index in [4.69, 9.17) is 4.74 Å². The number of fused-ring (bicyclic) bond motifs is 1. The third-order valence-electron chi connectivity index (χ3n) is 5.79. The highest BCUT2D eigenvalue weighted by Gasteiger charge is 2.37. The van der Waals surface area contributed by atoms with Gasteiger partial charge in [-0.1, -0.05) is 61.7 Å². The maximum Gasteiger partial charge on any atom is 0.258 e. The average molecular weight is 392 g/mol. The standard InChI is InChI=1S/C24H28N2O3/c1-17-16-26(24(28)20-14-8-9-15-21(20)29-17)22(18-10-4-2-5-11-18)23(27)25-19-12-6-3-7-13-19/h2,4-5,8-11,14-15,17,19,22H,3,6-7,12-13,16H2,1H3,(H,25,27)/t17-,22+/m1/s1. The molecule has 1 saturated carbocycles. The molecule has 152 valence electrons. The van der Waals surface area contributed by atoms with E-state index in [9.17, 15) is 9.59 Å². The van der Waals surface area contributed by atoms with Crippen molar-refractivity contribution in [2.45, 2.75) is 57.2 Å². The molecule has 5 nitrogen and oxygen atoms in total. The van der Waals surface area contributed by atoms with E-state index < -0.39 is 6.04 Å². The van der Waals surface area contributed by atoms with Gasteiger partial charge in [0.2, 0.25) is 5.91 Å². The fourth-order valence-electron chi connectivity index (χ4n) is 4.37. The summed E-state index contributed by atoms with van der Waals surface area (Å²) in [4.78, 5) is 28.6. The molecule has 0 saturated heterocycles. The number of nitrogens with one attached hydrogen (secondary N) is 1. The molecule has 0 spiro atoms. The highest BCUT2D eigenvalue weighted by atomic mass is 16.5. The van der Waals surface area contributed by atoms with Crippen LogP contribution < -0.4 is 10.1 Å². The van der Waals surface area contributed by atoms with Gasteiger partial charge in [0.1, 0.15) is 17.9 Å². The molecule has 2 aliphatic rings. The first-order chi connectivity index (χ1) is 14.1. The van der Waals surface area contributed by atoms with Crippen LogP contribution in [0.25, 0.3) is 0 Å². The van der Waals surface area contributed by atoms with Gasteiger partial charge in [-0.25, -0.2) is 0 Å². The Morgan fingerprint density at radius 3 is 2.48 bits per heavy atom. The summed E-state index contributed by atoms with van der Waals surface area (Å²) in [6.07, 6.45) is 5.30. The largest absolute Gasteiger partial charge is 0.488 e. The van der Waals surface area contributed by atoms with Crippen molar-refractivity contribution in [2.24, 2.45) is 0 Å². The van der Waals surface area contributed by atoms with Gasteiger partial charge in [0, 0.05) is 6.04 Å². The third kappa shape index (κ3) is 4.29. The zero-order chi connectivity index (χ0) is 20.2. The topological polar surface area (TPSA) is 58.6 Å². The van der Waals surface area contributed by atoms with E-state index in [1.165, 1.54) is 6.42 Å². The predicted molar refractivity (Wildman–Crippen MR) is 112 cm³/mol. The van der Waals surface area contributed by atoms with E-state index >= 15 is 0 Å². The molecule has 2 amide bonds. The van der Waals surface area contributed by atoms with Crippen molar-refractivity contribution >= 4 is 11.8 Å². The van der Waals surface area contributed by atoms with Gasteiger partial charge in [-0.2, -0.15) is 0 Å². The summed E-state index contributed by atoms with van der Waals surface area (Å²) in [5, 5.41) is 3.22. The van der Waals surface area contributed by atoms with Crippen LogP contribution in [-0.2, 0) is 4.79 Å². The number of ether oxygens (including phenoxy) is 1. The Morgan fingerprint density at radius 1 is 1.03 bits per heavy atom. The number of benzene rings is 2. The Hall–Kier alpha value is -2.82. The number of nitrogens with zero attached hydrogens (tertiary/aromatic N) is 1. The molecule has 1 fully saturated rings. The number of carbonyl (C=O) groups is 2. The van der Waals surface area contributed by atoms with E-state index in [0.717, 1.165) is 31.2 Å². The second-order valence-electron chi connectivity index (χ2n) is 8.04. The lowest BCUT2D eigenvalue weighted by Gasteiger charge is -2.33. The van der Waals surface area contributed by atoms with E-state index in [2.05, 4.69) is 5.32 Å². The van der Waals surface area contributed by atoms with Crippen LogP contribution in [0.2, 0.25) is 0 Å². The number of amides is 2. The Balaban J connectivity index is 1.68. The van der Waals surface area contributed by atoms with Crippen LogP contribution in [0.3, 0.4) is 0 Å². The summed E-state index contributed by atoms with van der Waals surface area (Å²) in [7, 11) is 0. The second-order valence-corrected chi connectivity index (χ2v) is 8.04. The normalized spacial score (nSPS) is 20.9. The van der Waals surface area contributed by atoms with Crippen LogP contribution in [-0.4, -0.2) is 35.4 Å². The van der Waals surface area contributed by atoms with E-state index in [0.29, 0.717) is 17.9 Å². The molecule has 5 heteroatoms. The zero-order valence-electron chi connectivity index (χ0n) is 16.8. The van der Waals surface area contributed by atoms with Crippen LogP contribution >= 0.6 is 0 Å². The first-order valence-electron chi connectivity index (χ1n) is 10.6. The Bertz CT molecular complexity index is 861. The highest BCUT2D eigenvalue weighted by Crippen LogP contribution is 2.31. The van der Waals surface area contributed by atoms with E-state index in [1.807, 2.05) is 55.5 Å². The van der Waals surface area contributed by atoms with E-state index in [1.54, 1.807) is 11.0 Å². The Kier molecular flexibility index (Phi) is 5.84. The molecule has 1 N–H and O–H groups in total. The van der Waals surface area contributed by atoms with E-state index in [-0.39, 0.29) is 24.0 Å². The Morgan fingerprint density at radius 2 is 1.72 bits per heavy atom. The Labute approximate surface area is 172 Å². The number of hydrogen-bond donors (Lipinski definition) is 1. The summed E-state index contributed by atoms with van der Waals surface area (Å²) >= 11 is 0. The van der Waals surface area contributed by atoms with Gasteiger partial charge < -0.3 is 15.0 Å². The summed E-state index contributed by atoms with van der Waals surface area (Å²) < 4.78 is 5.98. The molecule has 0 radical (unpaired) electrons. The van der Waals surface area contributed by atoms with Crippen LogP contribution in [0.4, 0.5) is 0 Å². The van der Waals surface area contributed by atoms with Crippen LogP contribution in [0.5, 0.6) is 5.75 Å². The van der Waals surface area contributed by atoms with Gasteiger partial charge in [-0.05, 0) is 37.5 Å². The predicted octanol–water partition coefficient (Wildman–Crippen LogP) is 4.10. The van der Waals surface area contributed by atoms with Crippen molar-refractivity contribution in [1.29, 1.82) is 0 Å². The van der Waals surface area contributed by atoms with Crippen molar-refractivity contribution in [3.8, 4) is 5.75 Å². The molecule has 0 bridgehead atoms. The van der Waals surface area contributed by atoms with Crippen molar-refractivity contribution in [1.82, 2.24) is 10.2 Å². The molecule has 1 heterocycles. The van der Waals surface area contributed by atoms with Crippen LogP contribution in [0, 0.1) is 0 Å². The lowest BCUT2D eigenvalue weighted by atomic mass is 9.94. The molecule has 2 atom stereocenters. The minimum atomic E-state index is -0.678. The molecule has 2 aromatic rings. The van der Waals surface area contributed by atoms with Crippen molar-refractivity contribution in [3.05, 3.63) is 65.7 Å². The van der Waals surface area contributed by atoms with Gasteiger partial charge >= 0.3 is 0 Å². The third-order valence-corrected chi connectivity index (χ3v) is 5.79. The quantitative estimate of drug-likeness (QED) is 0.852. The van der Waals surface area contributed by atoms with Crippen LogP contribution in [0.15, 0.2) is 54.6 Å². The molecule has 0 aromatic heterocycles. The lowest BCUT2D eigenvalue weighted by Crippen LogP contribution is -2.48. The molecule has 4 rings (SSSR count). The molecular weight excluding hydrogens is 364 g/mol. The monoisotopic (exact) mass is 392 g/mol. The van der Waals surface area contributed by atoms with Crippen molar-refractivity contribution in [3.63, 3.8) is 0 Å². The average Bonchev–Trinajstić information content (AvgIpc) is 2.86. The summed E-state index contributed by atoms with van der Waals surface area (Å²) in [6.45, 7) is 2.29. The molecule has 1 aliphatic carbocycles. The van der Waals surface area contributed by atoms with Crippen molar-refractivity contribution in [2.75, 3.05) is 6.54 Å². The highest BCUT2D eigenvalue weighted by molar-refractivity contribution is 6.00. The summed E-state index contributed by atoms with van der Waals surface area (Å²) in [6, 6.07) is 16.3. The minimum absolute atomic E-state index is 0.108. The first-order valence-corrected chi connectivity index (χ1v) is 10.6.